The van der Waals surface area contributed by atoms with Crippen LogP contribution in [0.25, 0.3) is 20.2 Å². The number of hydrogen-bond acceptors (Lipinski definition) is 4. The van der Waals surface area contributed by atoms with Gasteiger partial charge in [0.25, 0.3) is 0 Å². The molecule has 4 heteroatoms. The van der Waals surface area contributed by atoms with Gasteiger partial charge in [0.2, 0.25) is 0 Å². The van der Waals surface area contributed by atoms with E-state index in [0.717, 1.165) is 51.2 Å². The average Bonchev–Trinajstić information content (AvgIpc) is 3.58. The van der Waals surface area contributed by atoms with Crippen molar-refractivity contribution in [1.82, 2.24) is 0 Å². The Morgan fingerprint density at radius 1 is 0.231 bits per heavy atom. The van der Waals surface area contributed by atoms with Crippen molar-refractivity contribution in [3.8, 4) is 0 Å². The summed E-state index contributed by atoms with van der Waals surface area (Å²) in [5.41, 5.74) is 10.1. The highest BCUT2D eigenvalue weighted by molar-refractivity contribution is 7.25. The van der Waals surface area contributed by atoms with Crippen LogP contribution in [-0.4, -0.2) is 0 Å². The highest BCUT2D eigenvalue weighted by Crippen LogP contribution is 2.44. The van der Waals surface area contributed by atoms with Crippen LogP contribution in [-0.2, 0) is 0 Å². The number of benzene rings is 8. The number of fused-ring (bicyclic) bond motifs is 3. The Kier molecular flexibility index (Phi) is 8.41. The number of para-hydroxylation sites is 5. The Morgan fingerprint density at radius 3 is 0.942 bits per heavy atom. The Balaban J connectivity index is 1.11. The van der Waals surface area contributed by atoms with E-state index in [-0.39, 0.29) is 0 Å². The summed E-state index contributed by atoms with van der Waals surface area (Å²) in [7, 11) is 0. The molecular formula is C48H35N3S. The summed E-state index contributed by atoms with van der Waals surface area (Å²) in [4.78, 5) is 6.97. The topological polar surface area (TPSA) is 9.72 Å². The average molecular weight is 686 g/mol. The quantitative estimate of drug-likeness (QED) is 0.150. The van der Waals surface area contributed by atoms with Crippen LogP contribution in [0.4, 0.5) is 51.2 Å². The molecule has 0 radical (unpaired) electrons. The van der Waals surface area contributed by atoms with E-state index in [1.165, 1.54) is 20.2 Å². The SMILES string of the molecule is c1ccc(N(c2ccccc2)c2ccc(N(c3ccccc3)c3ccc4c(c3)sc3ccc(N(c5ccccc5)c5ccccc5)cc34)cc2)cc1. The zero-order valence-electron chi connectivity index (χ0n) is 28.5. The van der Waals surface area contributed by atoms with E-state index in [4.69, 9.17) is 0 Å². The smallest absolute Gasteiger partial charge is 0.0476 e. The standard InChI is InChI=1S/C48H35N3S/c1-6-16-36(17-7-1)49(37-18-8-2-9-19-37)41-26-28-42(29-27-41)51(40-24-14-5-15-25-40)44-30-32-45-46-34-43(31-33-47(46)52-48(45)35-44)50(38-20-10-3-11-21-38)39-22-12-4-13-23-39/h1-35H. The minimum atomic E-state index is 1.10. The molecular weight excluding hydrogens is 651 g/mol. The molecule has 0 fully saturated rings. The minimum Gasteiger partial charge on any atom is -0.311 e. The summed E-state index contributed by atoms with van der Waals surface area (Å²) >= 11 is 1.85. The first kappa shape index (κ1) is 31.4. The lowest BCUT2D eigenvalue weighted by molar-refractivity contribution is 1.26. The first-order valence-electron chi connectivity index (χ1n) is 17.5. The molecule has 0 bridgehead atoms. The molecule has 9 rings (SSSR count). The van der Waals surface area contributed by atoms with Crippen molar-refractivity contribution in [2.45, 2.75) is 0 Å². The maximum Gasteiger partial charge on any atom is 0.0476 e. The summed E-state index contributed by atoms with van der Waals surface area (Å²) in [6.07, 6.45) is 0. The number of nitrogens with zero attached hydrogens (tertiary/aromatic N) is 3. The lowest BCUT2D eigenvalue weighted by Crippen LogP contribution is -2.12. The summed E-state index contributed by atoms with van der Waals surface area (Å²) < 4.78 is 2.53. The number of thiophene rings is 1. The van der Waals surface area contributed by atoms with Crippen molar-refractivity contribution >= 4 is 82.7 Å². The lowest BCUT2D eigenvalue weighted by Gasteiger charge is -2.28. The molecule has 0 saturated heterocycles. The van der Waals surface area contributed by atoms with Gasteiger partial charge in [-0.1, -0.05) is 97.1 Å². The maximum absolute atomic E-state index is 2.35. The van der Waals surface area contributed by atoms with Gasteiger partial charge >= 0.3 is 0 Å². The third-order valence-corrected chi connectivity index (χ3v) is 10.5. The summed E-state index contributed by atoms with van der Waals surface area (Å²) in [6.45, 7) is 0. The molecule has 0 aliphatic rings. The van der Waals surface area contributed by atoms with Crippen molar-refractivity contribution < 1.29 is 0 Å². The van der Waals surface area contributed by atoms with Gasteiger partial charge in [0, 0.05) is 71.4 Å². The Morgan fingerprint density at radius 2 is 0.538 bits per heavy atom. The van der Waals surface area contributed by atoms with Crippen molar-refractivity contribution in [2.24, 2.45) is 0 Å². The van der Waals surface area contributed by atoms with Crippen LogP contribution >= 0.6 is 11.3 Å². The van der Waals surface area contributed by atoms with Gasteiger partial charge in [-0.25, -0.2) is 0 Å². The monoisotopic (exact) mass is 685 g/mol. The summed E-state index contributed by atoms with van der Waals surface area (Å²) in [6, 6.07) is 75.5. The Bertz CT molecular complexity index is 2470. The number of hydrogen-bond donors (Lipinski definition) is 0. The second kappa shape index (κ2) is 13.9. The van der Waals surface area contributed by atoms with Gasteiger partial charge in [0.1, 0.15) is 0 Å². The Labute approximate surface area is 308 Å². The van der Waals surface area contributed by atoms with E-state index < -0.39 is 0 Å². The molecule has 9 aromatic rings. The normalized spacial score (nSPS) is 11.1. The molecule has 1 aromatic heterocycles. The molecule has 52 heavy (non-hydrogen) atoms. The zero-order chi connectivity index (χ0) is 34.7. The van der Waals surface area contributed by atoms with Crippen LogP contribution in [0.1, 0.15) is 0 Å². The van der Waals surface area contributed by atoms with Gasteiger partial charge in [-0.05, 0) is 115 Å². The summed E-state index contributed by atoms with van der Waals surface area (Å²) in [5.74, 6) is 0. The van der Waals surface area contributed by atoms with Crippen molar-refractivity contribution in [1.29, 1.82) is 0 Å². The zero-order valence-corrected chi connectivity index (χ0v) is 29.3. The van der Waals surface area contributed by atoms with Crippen molar-refractivity contribution in [2.75, 3.05) is 14.7 Å². The van der Waals surface area contributed by atoms with E-state index in [1.54, 1.807) is 0 Å². The van der Waals surface area contributed by atoms with Crippen molar-refractivity contribution in [3.05, 3.63) is 212 Å². The Hall–Kier alpha value is -6.62. The van der Waals surface area contributed by atoms with Gasteiger partial charge in [-0.3, -0.25) is 0 Å². The van der Waals surface area contributed by atoms with Crippen LogP contribution in [0.5, 0.6) is 0 Å². The third kappa shape index (κ3) is 6.06. The molecule has 0 spiro atoms. The fourth-order valence-corrected chi connectivity index (χ4v) is 8.13. The van der Waals surface area contributed by atoms with E-state index in [1.807, 2.05) is 11.3 Å². The molecule has 0 aliphatic carbocycles. The molecule has 0 amide bonds. The molecule has 0 aliphatic heterocycles. The fourth-order valence-electron chi connectivity index (χ4n) is 7.01. The largest absolute Gasteiger partial charge is 0.311 e. The highest BCUT2D eigenvalue weighted by Gasteiger charge is 2.18. The van der Waals surface area contributed by atoms with Crippen LogP contribution < -0.4 is 14.7 Å². The molecule has 0 saturated carbocycles. The molecule has 3 nitrogen and oxygen atoms in total. The van der Waals surface area contributed by atoms with Crippen LogP contribution in [0, 0.1) is 0 Å². The van der Waals surface area contributed by atoms with Gasteiger partial charge in [0.15, 0.2) is 0 Å². The van der Waals surface area contributed by atoms with E-state index >= 15 is 0 Å². The third-order valence-electron chi connectivity index (χ3n) is 9.39. The highest BCUT2D eigenvalue weighted by atomic mass is 32.1. The van der Waals surface area contributed by atoms with Gasteiger partial charge in [0.05, 0.1) is 0 Å². The van der Waals surface area contributed by atoms with Crippen LogP contribution in [0.15, 0.2) is 212 Å². The molecule has 1 heterocycles. The number of rotatable bonds is 9. The first-order chi connectivity index (χ1) is 25.8. The predicted molar refractivity (Wildman–Crippen MR) is 223 cm³/mol. The lowest BCUT2D eigenvalue weighted by atomic mass is 10.1. The van der Waals surface area contributed by atoms with E-state index in [2.05, 4.69) is 227 Å². The van der Waals surface area contributed by atoms with Gasteiger partial charge in [-0.2, -0.15) is 0 Å². The van der Waals surface area contributed by atoms with Crippen LogP contribution in [0.3, 0.4) is 0 Å². The second-order valence-electron chi connectivity index (χ2n) is 12.7. The second-order valence-corrected chi connectivity index (χ2v) is 13.7. The minimum absolute atomic E-state index is 1.10. The maximum atomic E-state index is 2.35. The number of anilines is 9. The predicted octanol–water partition coefficient (Wildman–Crippen LogP) is 14.5. The van der Waals surface area contributed by atoms with E-state index in [0.29, 0.717) is 0 Å². The summed E-state index contributed by atoms with van der Waals surface area (Å²) in [5, 5.41) is 2.52. The van der Waals surface area contributed by atoms with E-state index in [9.17, 15) is 0 Å². The molecule has 248 valence electrons. The van der Waals surface area contributed by atoms with Crippen molar-refractivity contribution in [3.63, 3.8) is 0 Å². The fraction of sp³-hybridized carbons (Fsp3) is 0. The van der Waals surface area contributed by atoms with Gasteiger partial charge < -0.3 is 14.7 Å². The van der Waals surface area contributed by atoms with Crippen LogP contribution in [0.2, 0.25) is 0 Å². The molecule has 0 atom stereocenters. The molecule has 0 N–H and O–H groups in total. The molecule has 8 aromatic carbocycles. The van der Waals surface area contributed by atoms with Gasteiger partial charge in [-0.15, -0.1) is 11.3 Å². The first-order valence-corrected chi connectivity index (χ1v) is 18.3. The molecule has 0 unspecified atom stereocenters.